The molecule has 2 aromatic rings. The molecular formula is C18H19N3O4S. The van der Waals surface area contributed by atoms with Crippen molar-refractivity contribution in [2.24, 2.45) is 0 Å². The standard InChI is InChI=1S/C18H19N3O4S/c22-17(20-11-13-2-1-8-19-10-13)14-3-5-15(6-4-14)18(23)21-16-7-9-26(24,25)12-16/h1-6,8,10,16H,7,9,11-12H2,(H,20,22)(H,21,23). The number of hydrogen-bond acceptors (Lipinski definition) is 5. The monoisotopic (exact) mass is 373 g/mol. The first-order chi connectivity index (χ1) is 12.4. The van der Waals surface area contributed by atoms with Crippen LogP contribution in [-0.2, 0) is 16.4 Å². The van der Waals surface area contributed by atoms with Crippen LogP contribution in [0.2, 0.25) is 0 Å². The first-order valence-electron chi connectivity index (χ1n) is 8.21. The van der Waals surface area contributed by atoms with Gasteiger partial charge >= 0.3 is 0 Å². The molecule has 2 heterocycles. The van der Waals surface area contributed by atoms with E-state index >= 15 is 0 Å². The Morgan fingerprint density at radius 1 is 1.08 bits per heavy atom. The quantitative estimate of drug-likeness (QED) is 0.811. The molecule has 26 heavy (non-hydrogen) atoms. The third kappa shape index (κ3) is 4.66. The van der Waals surface area contributed by atoms with Crippen LogP contribution >= 0.6 is 0 Å². The Labute approximate surface area is 151 Å². The number of carbonyl (C=O) groups is 2. The zero-order valence-electron chi connectivity index (χ0n) is 14.0. The van der Waals surface area contributed by atoms with E-state index in [1.54, 1.807) is 42.7 Å². The van der Waals surface area contributed by atoms with Gasteiger partial charge in [-0.2, -0.15) is 0 Å². The zero-order chi connectivity index (χ0) is 18.6. The van der Waals surface area contributed by atoms with Crippen molar-refractivity contribution in [1.82, 2.24) is 15.6 Å². The highest BCUT2D eigenvalue weighted by atomic mass is 32.2. The van der Waals surface area contributed by atoms with Gasteiger partial charge in [-0.25, -0.2) is 8.42 Å². The summed E-state index contributed by atoms with van der Waals surface area (Å²) in [6, 6.07) is 9.55. The summed E-state index contributed by atoms with van der Waals surface area (Å²) in [5.41, 5.74) is 1.72. The molecule has 1 aliphatic heterocycles. The molecule has 1 unspecified atom stereocenters. The fraction of sp³-hybridized carbons (Fsp3) is 0.278. The number of amides is 2. The highest BCUT2D eigenvalue weighted by molar-refractivity contribution is 7.91. The van der Waals surface area contributed by atoms with Crippen LogP contribution in [0.15, 0.2) is 48.8 Å². The van der Waals surface area contributed by atoms with Gasteiger partial charge in [-0.05, 0) is 42.3 Å². The van der Waals surface area contributed by atoms with Crippen LogP contribution in [0.4, 0.5) is 0 Å². The average molecular weight is 373 g/mol. The van der Waals surface area contributed by atoms with Crippen molar-refractivity contribution in [1.29, 1.82) is 0 Å². The molecular weight excluding hydrogens is 354 g/mol. The van der Waals surface area contributed by atoms with Crippen LogP contribution in [0.5, 0.6) is 0 Å². The lowest BCUT2D eigenvalue weighted by Crippen LogP contribution is -2.35. The van der Waals surface area contributed by atoms with E-state index in [2.05, 4.69) is 15.6 Å². The van der Waals surface area contributed by atoms with Crippen LogP contribution < -0.4 is 10.6 Å². The van der Waals surface area contributed by atoms with Gasteiger partial charge in [0.1, 0.15) is 0 Å². The molecule has 1 aliphatic rings. The maximum absolute atomic E-state index is 12.2. The third-order valence-electron chi connectivity index (χ3n) is 4.15. The number of rotatable bonds is 5. The van der Waals surface area contributed by atoms with Crippen molar-refractivity contribution < 1.29 is 18.0 Å². The lowest BCUT2D eigenvalue weighted by Gasteiger charge is -2.11. The SMILES string of the molecule is O=C(NCc1cccnc1)c1ccc(C(=O)NC2CCS(=O)(=O)C2)cc1. The molecule has 0 spiro atoms. The molecule has 0 radical (unpaired) electrons. The first kappa shape index (κ1) is 18.1. The highest BCUT2D eigenvalue weighted by Crippen LogP contribution is 2.12. The van der Waals surface area contributed by atoms with Crippen molar-refractivity contribution >= 4 is 21.7 Å². The van der Waals surface area contributed by atoms with Crippen molar-refractivity contribution in [3.05, 3.63) is 65.5 Å². The Bertz CT molecular complexity index is 896. The van der Waals surface area contributed by atoms with Gasteiger partial charge in [-0.3, -0.25) is 14.6 Å². The molecule has 1 aromatic heterocycles. The maximum Gasteiger partial charge on any atom is 0.251 e. The van der Waals surface area contributed by atoms with E-state index in [-0.39, 0.29) is 29.4 Å². The molecule has 2 amide bonds. The molecule has 1 atom stereocenters. The van der Waals surface area contributed by atoms with Crippen LogP contribution in [0, 0.1) is 0 Å². The molecule has 1 fully saturated rings. The fourth-order valence-corrected chi connectivity index (χ4v) is 4.41. The number of hydrogen-bond donors (Lipinski definition) is 2. The van der Waals surface area contributed by atoms with Gasteiger partial charge in [-0.15, -0.1) is 0 Å². The highest BCUT2D eigenvalue weighted by Gasteiger charge is 2.29. The minimum atomic E-state index is -3.04. The predicted octanol–water partition coefficient (Wildman–Crippen LogP) is 0.928. The van der Waals surface area contributed by atoms with Gasteiger partial charge in [0.25, 0.3) is 11.8 Å². The molecule has 2 N–H and O–H groups in total. The summed E-state index contributed by atoms with van der Waals surface area (Å²) in [4.78, 5) is 28.3. The molecule has 1 aromatic carbocycles. The summed E-state index contributed by atoms with van der Waals surface area (Å²) in [6.07, 6.45) is 3.77. The molecule has 7 nitrogen and oxygen atoms in total. The molecule has 0 aliphatic carbocycles. The molecule has 0 saturated carbocycles. The van der Waals surface area contributed by atoms with Gasteiger partial charge < -0.3 is 10.6 Å². The molecule has 136 valence electrons. The largest absolute Gasteiger partial charge is 0.348 e. The van der Waals surface area contributed by atoms with Crippen LogP contribution in [0.1, 0.15) is 32.7 Å². The molecule has 1 saturated heterocycles. The van der Waals surface area contributed by atoms with E-state index in [0.717, 1.165) is 5.56 Å². The number of nitrogens with zero attached hydrogens (tertiary/aromatic N) is 1. The van der Waals surface area contributed by atoms with Crippen LogP contribution in [-0.4, -0.2) is 42.8 Å². The van der Waals surface area contributed by atoms with E-state index in [1.165, 1.54) is 0 Å². The Morgan fingerprint density at radius 3 is 2.35 bits per heavy atom. The zero-order valence-corrected chi connectivity index (χ0v) is 14.8. The number of nitrogens with one attached hydrogen (secondary N) is 2. The Morgan fingerprint density at radius 2 is 1.77 bits per heavy atom. The van der Waals surface area contributed by atoms with Crippen molar-refractivity contribution in [3.63, 3.8) is 0 Å². The summed E-state index contributed by atoms with van der Waals surface area (Å²) in [5.74, 6) is -0.501. The number of pyridine rings is 1. The Hall–Kier alpha value is -2.74. The second kappa shape index (κ2) is 7.65. The van der Waals surface area contributed by atoms with Crippen molar-refractivity contribution in [2.45, 2.75) is 19.0 Å². The Kier molecular flexibility index (Phi) is 5.32. The Balaban J connectivity index is 1.55. The summed E-state index contributed by atoms with van der Waals surface area (Å²) in [7, 11) is -3.04. The lowest BCUT2D eigenvalue weighted by atomic mass is 10.1. The topological polar surface area (TPSA) is 105 Å². The number of aromatic nitrogens is 1. The molecule has 3 rings (SSSR count). The average Bonchev–Trinajstić information content (AvgIpc) is 2.99. The number of benzene rings is 1. The number of sulfone groups is 1. The van der Waals surface area contributed by atoms with E-state index < -0.39 is 9.84 Å². The second-order valence-electron chi connectivity index (χ2n) is 6.19. The van der Waals surface area contributed by atoms with Gasteiger partial charge in [0, 0.05) is 36.1 Å². The summed E-state index contributed by atoms with van der Waals surface area (Å²) >= 11 is 0. The van der Waals surface area contributed by atoms with Crippen molar-refractivity contribution in [3.8, 4) is 0 Å². The van der Waals surface area contributed by atoms with Gasteiger partial charge in [0.2, 0.25) is 0 Å². The lowest BCUT2D eigenvalue weighted by molar-refractivity contribution is 0.0933. The van der Waals surface area contributed by atoms with E-state index in [1.807, 2.05) is 6.07 Å². The molecule has 0 bridgehead atoms. The minimum absolute atomic E-state index is 0.0203. The van der Waals surface area contributed by atoms with Gasteiger partial charge in [-0.1, -0.05) is 6.07 Å². The first-order valence-corrected chi connectivity index (χ1v) is 10.0. The summed E-state index contributed by atoms with van der Waals surface area (Å²) in [5, 5.41) is 5.51. The van der Waals surface area contributed by atoms with Gasteiger partial charge in [0.05, 0.1) is 11.5 Å². The van der Waals surface area contributed by atoms with Crippen molar-refractivity contribution in [2.75, 3.05) is 11.5 Å². The molecule has 8 heteroatoms. The van der Waals surface area contributed by atoms with Crippen LogP contribution in [0.25, 0.3) is 0 Å². The van der Waals surface area contributed by atoms with Crippen LogP contribution in [0.3, 0.4) is 0 Å². The fourth-order valence-electron chi connectivity index (χ4n) is 2.74. The van der Waals surface area contributed by atoms with Gasteiger partial charge in [0.15, 0.2) is 9.84 Å². The summed E-state index contributed by atoms with van der Waals surface area (Å²) < 4.78 is 22.9. The van der Waals surface area contributed by atoms with E-state index in [9.17, 15) is 18.0 Å². The maximum atomic E-state index is 12.2. The summed E-state index contributed by atoms with van der Waals surface area (Å²) in [6.45, 7) is 0.366. The van der Waals surface area contributed by atoms with E-state index in [0.29, 0.717) is 24.1 Å². The smallest absolute Gasteiger partial charge is 0.251 e. The third-order valence-corrected chi connectivity index (χ3v) is 5.92. The predicted molar refractivity (Wildman–Crippen MR) is 96.4 cm³/mol. The second-order valence-corrected chi connectivity index (χ2v) is 8.42. The number of carbonyl (C=O) groups excluding carboxylic acids is 2. The normalized spacial score (nSPS) is 18.2. The minimum Gasteiger partial charge on any atom is -0.348 e. The van der Waals surface area contributed by atoms with E-state index in [4.69, 9.17) is 0 Å².